The summed E-state index contributed by atoms with van der Waals surface area (Å²) >= 11 is 12.8. The van der Waals surface area contributed by atoms with Gasteiger partial charge in [-0.05, 0) is 51.3 Å². The molecular formula is C15H21BCl2O2. The molecule has 1 aliphatic rings. The lowest BCUT2D eigenvalue weighted by atomic mass is 9.78. The van der Waals surface area contributed by atoms with Gasteiger partial charge in [-0.15, -0.1) is 0 Å². The van der Waals surface area contributed by atoms with Crippen molar-refractivity contribution in [3.63, 3.8) is 0 Å². The molecule has 2 nitrogen and oxygen atoms in total. The molecule has 2 rings (SSSR count). The zero-order valence-electron chi connectivity index (χ0n) is 12.9. The zero-order chi connectivity index (χ0) is 15.3. The maximum absolute atomic E-state index is 6.40. The summed E-state index contributed by atoms with van der Waals surface area (Å²) in [4.78, 5) is 0. The Hall–Kier alpha value is -0.215. The number of hydrogen-bond donors (Lipinski definition) is 0. The van der Waals surface area contributed by atoms with Crippen LogP contribution in [0.4, 0.5) is 0 Å². The summed E-state index contributed by atoms with van der Waals surface area (Å²) in [6.45, 7) is 12.3. The molecular weight excluding hydrogens is 294 g/mol. The molecule has 0 atom stereocenters. The van der Waals surface area contributed by atoms with E-state index in [2.05, 4.69) is 13.8 Å². The standard InChI is InChI=1S/C15H21BCl2O2/c1-9(2)10-7-11(17)13(12(18)8-10)16-19-14(3,4)15(5,6)20-16/h7-9H,1-6H3. The van der Waals surface area contributed by atoms with E-state index in [1.807, 2.05) is 39.8 Å². The molecule has 110 valence electrons. The second kappa shape index (κ2) is 5.21. The van der Waals surface area contributed by atoms with E-state index in [1.165, 1.54) is 0 Å². The van der Waals surface area contributed by atoms with E-state index in [0.717, 1.165) is 11.0 Å². The highest BCUT2D eigenvalue weighted by Gasteiger charge is 2.52. The first-order chi connectivity index (χ1) is 9.05. The van der Waals surface area contributed by atoms with Gasteiger partial charge in [-0.25, -0.2) is 0 Å². The van der Waals surface area contributed by atoms with Crippen LogP contribution in [0.25, 0.3) is 0 Å². The Kier molecular flexibility index (Phi) is 4.21. The summed E-state index contributed by atoms with van der Waals surface area (Å²) in [5, 5.41) is 1.19. The number of halogens is 2. The van der Waals surface area contributed by atoms with E-state index in [-0.39, 0.29) is 0 Å². The molecule has 0 aliphatic carbocycles. The van der Waals surface area contributed by atoms with Crippen molar-refractivity contribution in [1.82, 2.24) is 0 Å². The Labute approximate surface area is 131 Å². The molecule has 0 aromatic heterocycles. The molecule has 5 heteroatoms. The molecule has 1 heterocycles. The lowest BCUT2D eigenvalue weighted by Crippen LogP contribution is -2.41. The topological polar surface area (TPSA) is 18.5 Å². The van der Waals surface area contributed by atoms with Gasteiger partial charge in [0.05, 0.1) is 11.2 Å². The Balaban J connectivity index is 2.41. The molecule has 0 unspecified atom stereocenters. The third-order valence-corrected chi connectivity index (χ3v) is 4.88. The molecule has 0 amide bonds. The summed E-state index contributed by atoms with van der Waals surface area (Å²) in [6.07, 6.45) is 0. The van der Waals surface area contributed by atoms with Gasteiger partial charge in [0.15, 0.2) is 0 Å². The van der Waals surface area contributed by atoms with Crippen molar-refractivity contribution in [2.75, 3.05) is 0 Å². The minimum atomic E-state index is -0.527. The summed E-state index contributed by atoms with van der Waals surface area (Å²) < 4.78 is 12.0. The lowest BCUT2D eigenvalue weighted by molar-refractivity contribution is 0.00578. The van der Waals surface area contributed by atoms with Crippen LogP contribution in [0, 0.1) is 0 Å². The van der Waals surface area contributed by atoms with Crippen LogP contribution >= 0.6 is 23.2 Å². The maximum Gasteiger partial charge on any atom is 0.497 e. The summed E-state index contributed by atoms with van der Waals surface area (Å²) in [6, 6.07) is 3.89. The van der Waals surface area contributed by atoms with Crippen LogP contribution in [-0.4, -0.2) is 18.3 Å². The van der Waals surface area contributed by atoms with E-state index < -0.39 is 18.3 Å². The Morgan fingerprint density at radius 3 is 1.70 bits per heavy atom. The fourth-order valence-corrected chi connectivity index (χ4v) is 2.81. The monoisotopic (exact) mass is 314 g/mol. The number of hydrogen-bond acceptors (Lipinski definition) is 2. The predicted octanol–water partition coefficient (Wildman–Crippen LogP) is 4.42. The first-order valence-electron chi connectivity index (χ1n) is 6.89. The van der Waals surface area contributed by atoms with Crippen LogP contribution in [-0.2, 0) is 9.31 Å². The third kappa shape index (κ3) is 2.74. The van der Waals surface area contributed by atoms with E-state index in [9.17, 15) is 0 Å². The van der Waals surface area contributed by atoms with Crippen LogP contribution in [0.15, 0.2) is 12.1 Å². The second-order valence-corrected chi connectivity index (χ2v) is 7.46. The molecule has 0 spiro atoms. The Bertz CT molecular complexity index is 488. The van der Waals surface area contributed by atoms with Gasteiger partial charge in [-0.1, -0.05) is 37.0 Å². The minimum absolute atomic E-state index is 0.373. The van der Waals surface area contributed by atoms with Gasteiger partial charge < -0.3 is 9.31 Å². The number of benzene rings is 1. The highest BCUT2D eigenvalue weighted by Crippen LogP contribution is 2.38. The van der Waals surface area contributed by atoms with Crippen LogP contribution in [0.5, 0.6) is 0 Å². The molecule has 1 aromatic carbocycles. The first-order valence-corrected chi connectivity index (χ1v) is 7.65. The quantitative estimate of drug-likeness (QED) is 0.752. The maximum atomic E-state index is 6.40. The Morgan fingerprint density at radius 1 is 0.950 bits per heavy atom. The van der Waals surface area contributed by atoms with Crippen molar-refractivity contribution in [2.45, 2.75) is 58.7 Å². The average Bonchev–Trinajstić information content (AvgIpc) is 2.46. The highest BCUT2D eigenvalue weighted by molar-refractivity contribution is 6.69. The molecule has 1 fully saturated rings. The van der Waals surface area contributed by atoms with Crippen molar-refractivity contribution in [3.05, 3.63) is 27.7 Å². The average molecular weight is 315 g/mol. The van der Waals surface area contributed by atoms with Crippen molar-refractivity contribution in [1.29, 1.82) is 0 Å². The SMILES string of the molecule is CC(C)c1cc(Cl)c(B2OC(C)(C)C(C)(C)O2)c(Cl)c1. The normalized spacial score (nSPS) is 20.8. The molecule has 0 radical (unpaired) electrons. The van der Waals surface area contributed by atoms with Crippen LogP contribution in [0.3, 0.4) is 0 Å². The largest absolute Gasteiger partial charge is 0.497 e. The minimum Gasteiger partial charge on any atom is -0.399 e. The van der Waals surface area contributed by atoms with E-state index >= 15 is 0 Å². The van der Waals surface area contributed by atoms with Crippen molar-refractivity contribution >= 4 is 35.8 Å². The fraction of sp³-hybridized carbons (Fsp3) is 0.600. The van der Waals surface area contributed by atoms with Gasteiger partial charge in [-0.2, -0.15) is 0 Å². The molecule has 1 saturated heterocycles. The first kappa shape index (κ1) is 16.2. The lowest BCUT2D eigenvalue weighted by Gasteiger charge is -2.32. The molecule has 0 N–H and O–H groups in total. The van der Waals surface area contributed by atoms with Gasteiger partial charge in [0, 0.05) is 15.5 Å². The molecule has 1 aromatic rings. The van der Waals surface area contributed by atoms with Gasteiger partial charge in [-0.3, -0.25) is 0 Å². The van der Waals surface area contributed by atoms with Crippen LogP contribution in [0.1, 0.15) is 53.0 Å². The smallest absolute Gasteiger partial charge is 0.399 e. The van der Waals surface area contributed by atoms with E-state index in [4.69, 9.17) is 32.5 Å². The number of rotatable bonds is 2. The van der Waals surface area contributed by atoms with Crippen molar-refractivity contribution < 1.29 is 9.31 Å². The second-order valence-electron chi connectivity index (χ2n) is 6.64. The highest BCUT2D eigenvalue weighted by atomic mass is 35.5. The van der Waals surface area contributed by atoms with E-state index in [1.54, 1.807) is 0 Å². The van der Waals surface area contributed by atoms with Crippen LogP contribution < -0.4 is 5.46 Å². The molecule has 20 heavy (non-hydrogen) atoms. The summed E-state index contributed by atoms with van der Waals surface area (Å²) in [5.41, 5.74) is 1.03. The summed E-state index contributed by atoms with van der Waals surface area (Å²) in [5.74, 6) is 0.373. The summed E-state index contributed by atoms with van der Waals surface area (Å²) in [7, 11) is -0.527. The third-order valence-electron chi connectivity index (χ3n) is 4.26. The van der Waals surface area contributed by atoms with Crippen molar-refractivity contribution in [2.24, 2.45) is 0 Å². The van der Waals surface area contributed by atoms with Crippen LogP contribution in [0.2, 0.25) is 10.0 Å². The van der Waals surface area contributed by atoms with Gasteiger partial charge >= 0.3 is 7.12 Å². The predicted molar refractivity (Wildman–Crippen MR) is 86.3 cm³/mol. The Morgan fingerprint density at radius 2 is 1.35 bits per heavy atom. The molecule has 0 saturated carbocycles. The molecule has 0 bridgehead atoms. The van der Waals surface area contributed by atoms with Gasteiger partial charge in [0.1, 0.15) is 0 Å². The van der Waals surface area contributed by atoms with Gasteiger partial charge in [0.25, 0.3) is 0 Å². The fourth-order valence-electron chi connectivity index (χ4n) is 2.12. The zero-order valence-corrected chi connectivity index (χ0v) is 14.4. The molecule has 1 aliphatic heterocycles. The van der Waals surface area contributed by atoms with Gasteiger partial charge in [0.2, 0.25) is 0 Å². The van der Waals surface area contributed by atoms with E-state index in [0.29, 0.717) is 16.0 Å². The van der Waals surface area contributed by atoms with Crippen molar-refractivity contribution in [3.8, 4) is 0 Å².